The minimum Gasteiger partial charge on any atom is -0.395 e. The third kappa shape index (κ3) is 7.18. The lowest BCUT2D eigenvalue weighted by Crippen LogP contribution is -2.49. The number of halogens is 3. The summed E-state index contributed by atoms with van der Waals surface area (Å²) in [6.07, 6.45) is -4.23. The molecule has 2 N–H and O–H groups in total. The van der Waals surface area contributed by atoms with Crippen LogP contribution in [0.1, 0.15) is 27.7 Å². The van der Waals surface area contributed by atoms with Gasteiger partial charge in [-0.15, -0.1) is 0 Å². The van der Waals surface area contributed by atoms with E-state index in [2.05, 4.69) is 5.32 Å². The normalized spacial score (nSPS) is 15.2. The van der Waals surface area contributed by atoms with Crippen LogP contribution in [-0.4, -0.2) is 55.0 Å². The second-order valence-electron chi connectivity index (χ2n) is 5.32. The second-order valence-corrected chi connectivity index (χ2v) is 5.32. The maximum absolute atomic E-state index is 12.4. The van der Waals surface area contributed by atoms with E-state index in [9.17, 15) is 13.2 Å². The molecule has 0 rings (SSSR count). The maximum Gasteiger partial charge on any atom is 0.401 e. The van der Waals surface area contributed by atoms with Crippen LogP contribution in [0.25, 0.3) is 0 Å². The highest BCUT2D eigenvalue weighted by Crippen LogP contribution is 2.24. The van der Waals surface area contributed by atoms with Crippen molar-refractivity contribution in [3.05, 3.63) is 0 Å². The third-order valence-corrected chi connectivity index (χ3v) is 3.13. The summed E-state index contributed by atoms with van der Waals surface area (Å²) in [4.78, 5) is 1.26. The van der Waals surface area contributed by atoms with Crippen molar-refractivity contribution in [3.63, 3.8) is 0 Å². The highest BCUT2D eigenvalue weighted by Gasteiger charge is 2.34. The van der Waals surface area contributed by atoms with Crippen molar-refractivity contribution in [1.29, 1.82) is 0 Å². The summed E-state index contributed by atoms with van der Waals surface area (Å²) in [5, 5.41) is 12.1. The molecule has 0 aromatic heterocycles. The van der Waals surface area contributed by atoms with Gasteiger partial charge in [0.15, 0.2) is 0 Å². The number of hydrogen-bond acceptors (Lipinski definition) is 3. The Balaban J connectivity index is 4.55. The van der Waals surface area contributed by atoms with Crippen LogP contribution in [0.4, 0.5) is 13.2 Å². The number of rotatable bonds is 8. The first-order chi connectivity index (χ1) is 8.12. The van der Waals surface area contributed by atoms with Crippen molar-refractivity contribution in [2.24, 2.45) is 5.41 Å². The summed E-state index contributed by atoms with van der Waals surface area (Å²) in [7, 11) is 0. The Labute approximate surface area is 107 Å². The van der Waals surface area contributed by atoms with Crippen molar-refractivity contribution in [3.8, 4) is 0 Å². The molecule has 0 radical (unpaired) electrons. The van der Waals surface area contributed by atoms with Gasteiger partial charge in [0, 0.05) is 19.1 Å². The second kappa shape index (κ2) is 7.31. The molecule has 18 heavy (non-hydrogen) atoms. The highest BCUT2D eigenvalue weighted by atomic mass is 19.4. The summed E-state index contributed by atoms with van der Waals surface area (Å²) in [6.45, 7) is 7.68. The Hall–Kier alpha value is -0.330. The minimum absolute atomic E-state index is 0.0434. The van der Waals surface area contributed by atoms with Gasteiger partial charge >= 0.3 is 6.18 Å². The van der Waals surface area contributed by atoms with Crippen molar-refractivity contribution in [1.82, 2.24) is 10.2 Å². The molecule has 0 saturated carbocycles. The lowest BCUT2D eigenvalue weighted by molar-refractivity contribution is -0.150. The van der Waals surface area contributed by atoms with E-state index in [4.69, 9.17) is 5.11 Å². The van der Waals surface area contributed by atoms with E-state index in [0.29, 0.717) is 6.54 Å². The zero-order chi connectivity index (χ0) is 14.4. The molecule has 0 bridgehead atoms. The van der Waals surface area contributed by atoms with E-state index in [-0.39, 0.29) is 24.6 Å². The van der Waals surface area contributed by atoms with Gasteiger partial charge in [-0.1, -0.05) is 20.8 Å². The van der Waals surface area contributed by atoms with Gasteiger partial charge in [-0.25, -0.2) is 0 Å². The quantitative estimate of drug-likeness (QED) is 0.707. The number of aliphatic hydroxyl groups excluding tert-OH is 1. The van der Waals surface area contributed by atoms with Crippen LogP contribution in [0, 0.1) is 5.41 Å². The molecule has 0 aliphatic carbocycles. The van der Waals surface area contributed by atoms with Crippen LogP contribution in [0.2, 0.25) is 0 Å². The molecular weight excluding hydrogens is 245 g/mol. The SMILES string of the molecule is CCNC(C)C(C)(C)CN(CCO)CC(F)(F)F. The summed E-state index contributed by atoms with van der Waals surface area (Å²) in [5.41, 5.74) is -0.295. The molecule has 0 amide bonds. The number of aliphatic hydroxyl groups is 1. The van der Waals surface area contributed by atoms with Crippen LogP contribution in [-0.2, 0) is 0 Å². The van der Waals surface area contributed by atoms with Crippen molar-refractivity contribution >= 4 is 0 Å². The first-order valence-corrected chi connectivity index (χ1v) is 6.25. The van der Waals surface area contributed by atoms with Crippen molar-refractivity contribution in [2.45, 2.75) is 39.9 Å². The zero-order valence-electron chi connectivity index (χ0n) is 11.6. The summed E-state index contributed by atoms with van der Waals surface area (Å²) < 4.78 is 37.2. The molecule has 110 valence electrons. The van der Waals surface area contributed by atoms with Crippen LogP contribution < -0.4 is 5.32 Å². The topological polar surface area (TPSA) is 35.5 Å². The van der Waals surface area contributed by atoms with Gasteiger partial charge in [-0.2, -0.15) is 13.2 Å². The van der Waals surface area contributed by atoms with Crippen molar-refractivity contribution in [2.75, 3.05) is 32.8 Å². The van der Waals surface area contributed by atoms with E-state index in [1.807, 2.05) is 27.7 Å². The van der Waals surface area contributed by atoms with Gasteiger partial charge in [0.2, 0.25) is 0 Å². The summed E-state index contributed by atoms with van der Waals surface area (Å²) in [5.74, 6) is 0. The van der Waals surface area contributed by atoms with E-state index >= 15 is 0 Å². The fourth-order valence-electron chi connectivity index (χ4n) is 1.90. The molecule has 0 aromatic carbocycles. The predicted octanol–water partition coefficient (Wildman–Crippen LogP) is 1.87. The number of nitrogens with one attached hydrogen (secondary N) is 1. The average Bonchev–Trinajstić information content (AvgIpc) is 2.14. The molecule has 0 heterocycles. The van der Waals surface area contributed by atoms with Gasteiger partial charge < -0.3 is 10.4 Å². The lowest BCUT2D eigenvalue weighted by Gasteiger charge is -2.37. The summed E-state index contributed by atoms with van der Waals surface area (Å²) >= 11 is 0. The molecular formula is C12H25F3N2O. The summed E-state index contributed by atoms with van der Waals surface area (Å²) in [6, 6.07) is 0.108. The van der Waals surface area contributed by atoms with E-state index in [0.717, 1.165) is 6.54 Å². The Bertz CT molecular complexity index is 232. The van der Waals surface area contributed by atoms with Crippen LogP contribution in [0.5, 0.6) is 0 Å². The van der Waals surface area contributed by atoms with Gasteiger partial charge in [-0.3, -0.25) is 4.90 Å². The third-order valence-electron chi connectivity index (χ3n) is 3.13. The zero-order valence-corrected chi connectivity index (χ0v) is 11.6. The first kappa shape index (κ1) is 17.7. The Morgan fingerprint density at radius 1 is 1.22 bits per heavy atom. The fraction of sp³-hybridized carbons (Fsp3) is 1.00. The largest absolute Gasteiger partial charge is 0.401 e. The number of alkyl halides is 3. The first-order valence-electron chi connectivity index (χ1n) is 6.25. The van der Waals surface area contributed by atoms with Gasteiger partial charge in [-0.05, 0) is 18.9 Å². The molecule has 1 atom stereocenters. The van der Waals surface area contributed by atoms with E-state index in [1.165, 1.54) is 4.90 Å². The molecule has 0 spiro atoms. The molecule has 0 aromatic rings. The molecule has 1 unspecified atom stereocenters. The van der Waals surface area contributed by atoms with Crippen molar-refractivity contribution < 1.29 is 18.3 Å². The van der Waals surface area contributed by atoms with Gasteiger partial charge in [0.05, 0.1) is 13.2 Å². The van der Waals surface area contributed by atoms with Crippen LogP contribution >= 0.6 is 0 Å². The Morgan fingerprint density at radius 2 is 1.78 bits per heavy atom. The van der Waals surface area contributed by atoms with Crippen LogP contribution in [0.3, 0.4) is 0 Å². The van der Waals surface area contributed by atoms with Gasteiger partial charge in [0.1, 0.15) is 0 Å². The van der Waals surface area contributed by atoms with E-state index < -0.39 is 12.7 Å². The predicted molar refractivity (Wildman–Crippen MR) is 66.5 cm³/mol. The smallest absolute Gasteiger partial charge is 0.395 e. The molecule has 0 aliphatic heterocycles. The fourth-order valence-corrected chi connectivity index (χ4v) is 1.90. The Morgan fingerprint density at radius 3 is 2.17 bits per heavy atom. The lowest BCUT2D eigenvalue weighted by atomic mass is 9.84. The minimum atomic E-state index is -4.23. The maximum atomic E-state index is 12.4. The van der Waals surface area contributed by atoms with Gasteiger partial charge in [0.25, 0.3) is 0 Å². The molecule has 0 fully saturated rings. The number of hydrogen-bond donors (Lipinski definition) is 2. The molecule has 0 saturated heterocycles. The monoisotopic (exact) mass is 270 g/mol. The highest BCUT2D eigenvalue weighted by molar-refractivity contribution is 4.84. The van der Waals surface area contributed by atoms with Crippen LogP contribution in [0.15, 0.2) is 0 Å². The molecule has 0 aliphatic rings. The standard InChI is InChI=1S/C12H25F3N2O/c1-5-16-10(2)11(3,4)8-17(6-7-18)9-12(13,14)15/h10,16,18H,5-9H2,1-4H3. The van der Waals surface area contributed by atoms with E-state index in [1.54, 1.807) is 0 Å². The average molecular weight is 270 g/mol. The molecule has 6 heteroatoms. The molecule has 3 nitrogen and oxygen atoms in total. The Kier molecular flexibility index (Phi) is 7.17. The number of nitrogens with zero attached hydrogens (tertiary/aromatic N) is 1.